The van der Waals surface area contributed by atoms with Crippen LogP contribution in [0.2, 0.25) is 0 Å². The zero-order valence-corrected chi connectivity index (χ0v) is 13.0. The number of nitrogen functional groups attached to an aromatic ring is 1. The number of nitrogens with zero attached hydrogens (tertiary/aromatic N) is 3. The molecule has 2 aliphatic rings. The summed E-state index contributed by atoms with van der Waals surface area (Å²) < 4.78 is 0. The van der Waals surface area contributed by atoms with Crippen molar-refractivity contribution < 1.29 is 0 Å². The van der Waals surface area contributed by atoms with Crippen molar-refractivity contribution in [3.05, 3.63) is 23.9 Å². The van der Waals surface area contributed by atoms with E-state index in [1.165, 1.54) is 70.4 Å². The lowest BCUT2D eigenvalue weighted by molar-refractivity contribution is 0.118. The predicted octanol–water partition coefficient (Wildman–Crippen LogP) is 2.36. The Hall–Kier alpha value is -1.13. The van der Waals surface area contributed by atoms with Crippen molar-refractivity contribution in [1.29, 1.82) is 0 Å². The summed E-state index contributed by atoms with van der Waals surface area (Å²) in [5.74, 6) is 1.52. The van der Waals surface area contributed by atoms with Gasteiger partial charge in [0.1, 0.15) is 5.82 Å². The van der Waals surface area contributed by atoms with Crippen LogP contribution >= 0.6 is 0 Å². The Labute approximate surface area is 128 Å². The summed E-state index contributed by atoms with van der Waals surface area (Å²) in [5.41, 5.74) is 7.15. The van der Waals surface area contributed by atoms with Gasteiger partial charge in [-0.1, -0.05) is 12.5 Å². The SMILES string of the molecule is Nc1ncccc1CN1CCCC(CN2CCCCC2)C1. The number of nitrogens with two attached hydrogens (primary N) is 1. The van der Waals surface area contributed by atoms with Crippen LogP contribution in [0.15, 0.2) is 18.3 Å². The van der Waals surface area contributed by atoms with Crippen LogP contribution in [-0.4, -0.2) is 47.5 Å². The van der Waals surface area contributed by atoms with Gasteiger partial charge >= 0.3 is 0 Å². The fraction of sp³-hybridized carbons (Fsp3) is 0.706. The van der Waals surface area contributed by atoms with E-state index in [1.807, 2.05) is 6.07 Å². The Morgan fingerprint density at radius 1 is 1.10 bits per heavy atom. The van der Waals surface area contributed by atoms with Crippen LogP contribution < -0.4 is 5.73 Å². The van der Waals surface area contributed by atoms with E-state index in [1.54, 1.807) is 6.20 Å². The number of aromatic nitrogens is 1. The average molecular weight is 288 g/mol. The number of rotatable bonds is 4. The van der Waals surface area contributed by atoms with E-state index in [-0.39, 0.29) is 0 Å². The summed E-state index contributed by atoms with van der Waals surface area (Å²) in [6.07, 6.45) is 8.68. The summed E-state index contributed by atoms with van der Waals surface area (Å²) in [6.45, 7) is 7.28. The molecule has 0 spiro atoms. The molecule has 0 amide bonds. The standard InChI is InChI=1S/C17H28N4/c18-17-16(7-4-8-19-17)14-21-11-5-6-15(13-21)12-20-9-2-1-3-10-20/h4,7-8,15H,1-3,5-6,9-14H2,(H2,18,19). The van der Waals surface area contributed by atoms with Gasteiger partial charge in [0.15, 0.2) is 0 Å². The number of piperidine rings is 2. The van der Waals surface area contributed by atoms with E-state index in [0.717, 1.165) is 12.5 Å². The van der Waals surface area contributed by atoms with Gasteiger partial charge in [-0.3, -0.25) is 4.90 Å². The number of likely N-dealkylation sites (tertiary alicyclic amines) is 2. The van der Waals surface area contributed by atoms with Crippen LogP contribution in [0.3, 0.4) is 0 Å². The molecule has 1 atom stereocenters. The van der Waals surface area contributed by atoms with Gasteiger partial charge in [0.25, 0.3) is 0 Å². The predicted molar refractivity (Wildman–Crippen MR) is 86.9 cm³/mol. The maximum atomic E-state index is 5.98. The molecule has 0 bridgehead atoms. The molecule has 0 radical (unpaired) electrons. The Morgan fingerprint density at radius 3 is 2.71 bits per heavy atom. The second kappa shape index (κ2) is 7.23. The van der Waals surface area contributed by atoms with E-state index >= 15 is 0 Å². The molecule has 2 saturated heterocycles. The molecule has 2 N–H and O–H groups in total. The van der Waals surface area contributed by atoms with Crippen LogP contribution in [0.5, 0.6) is 0 Å². The number of pyridine rings is 1. The lowest BCUT2D eigenvalue weighted by atomic mass is 9.96. The highest BCUT2D eigenvalue weighted by atomic mass is 15.2. The Kier molecular flexibility index (Phi) is 5.09. The smallest absolute Gasteiger partial charge is 0.127 e. The van der Waals surface area contributed by atoms with Crippen molar-refractivity contribution in [2.24, 2.45) is 5.92 Å². The van der Waals surface area contributed by atoms with E-state index in [9.17, 15) is 0 Å². The van der Waals surface area contributed by atoms with Gasteiger partial charge in [-0.15, -0.1) is 0 Å². The summed E-state index contributed by atoms with van der Waals surface area (Å²) in [5, 5.41) is 0. The molecule has 2 aliphatic heterocycles. The zero-order chi connectivity index (χ0) is 14.5. The van der Waals surface area contributed by atoms with Crippen molar-refractivity contribution in [3.8, 4) is 0 Å². The molecular weight excluding hydrogens is 260 g/mol. The number of anilines is 1. The van der Waals surface area contributed by atoms with Crippen LogP contribution in [0, 0.1) is 5.92 Å². The molecule has 4 nitrogen and oxygen atoms in total. The largest absolute Gasteiger partial charge is 0.383 e. The van der Waals surface area contributed by atoms with Gasteiger partial charge in [-0.2, -0.15) is 0 Å². The van der Waals surface area contributed by atoms with Gasteiger partial charge in [-0.25, -0.2) is 4.98 Å². The fourth-order valence-corrected chi connectivity index (χ4v) is 3.78. The number of hydrogen-bond acceptors (Lipinski definition) is 4. The van der Waals surface area contributed by atoms with E-state index in [0.29, 0.717) is 5.82 Å². The molecule has 21 heavy (non-hydrogen) atoms. The molecule has 4 heteroatoms. The van der Waals surface area contributed by atoms with Crippen molar-refractivity contribution in [1.82, 2.24) is 14.8 Å². The maximum absolute atomic E-state index is 5.98. The van der Waals surface area contributed by atoms with Gasteiger partial charge in [0.2, 0.25) is 0 Å². The molecule has 116 valence electrons. The normalized spacial score (nSPS) is 25.0. The Balaban J connectivity index is 1.52. The summed E-state index contributed by atoms with van der Waals surface area (Å²) in [6, 6.07) is 4.09. The highest BCUT2D eigenvalue weighted by Crippen LogP contribution is 2.22. The van der Waals surface area contributed by atoms with Crippen LogP contribution in [0.4, 0.5) is 5.82 Å². The van der Waals surface area contributed by atoms with Crippen LogP contribution in [-0.2, 0) is 6.54 Å². The quantitative estimate of drug-likeness (QED) is 0.924. The molecule has 3 rings (SSSR count). The average Bonchev–Trinajstić information content (AvgIpc) is 2.51. The first kappa shape index (κ1) is 14.8. The van der Waals surface area contributed by atoms with Gasteiger partial charge < -0.3 is 10.6 Å². The van der Waals surface area contributed by atoms with E-state index < -0.39 is 0 Å². The Morgan fingerprint density at radius 2 is 1.90 bits per heavy atom. The van der Waals surface area contributed by atoms with Crippen molar-refractivity contribution >= 4 is 5.82 Å². The molecule has 0 saturated carbocycles. The lowest BCUT2D eigenvalue weighted by Crippen LogP contribution is -2.42. The van der Waals surface area contributed by atoms with Crippen molar-refractivity contribution in [2.75, 3.05) is 38.5 Å². The number of hydrogen-bond donors (Lipinski definition) is 1. The molecule has 2 fully saturated rings. The van der Waals surface area contributed by atoms with Gasteiger partial charge in [0, 0.05) is 31.4 Å². The minimum atomic E-state index is 0.690. The monoisotopic (exact) mass is 288 g/mol. The maximum Gasteiger partial charge on any atom is 0.127 e. The Bertz CT molecular complexity index is 442. The molecule has 1 unspecified atom stereocenters. The molecular formula is C17H28N4. The molecule has 0 aromatic carbocycles. The van der Waals surface area contributed by atoms with Gasteiger partial charge in [-0.05, 0) is 57.3 Å². The summed E-state index contributed by atoms with van der Waals surface area (Å²) in [4.78, 5) is 9.44. The van der Waals surface area contributed by atoms with E-state index in [2.05, 4.69) is 20.9 Å². The highest BCUT2D eigenvalue weighted by Gasteiger charge is 2.23. The van der Waals surface area contributed by atoms with Crippen molar-refractivity contribution in [2.45, 2.75) is 38.6 Å². The third-order valence-corrected chi connectivity index (χ3v) is 4.89. The van der Waals surface area contributed by atoms with Crippen LogP contribution in [0.25, 0.3) is 0 Å². The van der Waals surface area contributed by atoms with E-state index in [4.69, 9.17) is 5.73 Å². The minimum absolute atomic E-state index is 0.690. The van der Waals surface area contributed by atoms with Gasteiger partial charge in [0.05, 0.1) is 0 Å². The second-order valence-corrected chi connectivity index (χ2v) is 6.65. The lowest BCUT2D eigenvalue weighted by Gasteiger charge is -2.37. The third kappa shape index (κ3) is 4.17. The molecule has 1 aromatic rings. The summed E-state index contributed by atoms with van der Waals surface area (Å²) >= 11 is 0. The first-order chi connectivity index (χ1) is 10.3. The highest BCUT2D eigenvalue weighted by molar-refractivity contribution is 5.38. The van der Waals surface area contributed by atoms with Crippen molar-refractivity contribution in [3.63, 3.8) is 0 Å². The third-order valence-electron chi connectivity index (χ3n) is 4.89. The molecule has 3 heterocycles. The second-order valence-electron chi connectivity index (χ2n) is 6.65. The zero-order valence-electron chi connectivity index (χ0n) is 13.0. The van der Waals surface area contributed by atoms with Crippen LogP contribution in [0.1, 0.15) is 37.7 Å². The molecule has 1 aromatic heterocycles. The summed E-state index contributed by atoms with van der Waals surface area (Å²) in [7, 11) is 0. The molecule has 0 aliphatic carbocycles. The minimum Gasteiger partial charge on any atom is -0.383 e. The first-order valence-corrected chi connectivity index (χ1v) is 8.45. The topological polar surface area (TPSA) is 45.4 Å². The first-order valence-electron chi connectivity index (χ1n) is 8.45. The fourth-order valence-electron chi connectivity index (χ4n) is 3.78.